The lowest BCUT2D eigenvalue weighted by Crippen LogP contribution is -2.49. The Morgan fingerprint density at radius 3 is 2.72 bits per heavy atom. The fraction of sp³-hybridized carbons (Fsp3) is 0.448. The van der Waals surface area contributed by atoms with Crippen LogP contribution >= 0.6 is 0 Å². The van der Waals surface area contributed by atoms with E-state index in [0.717, 1.165) is 30.5 Å². The van der Waals surface area contributed by atoms with Gasteiger partial charge in [0.15, 0.2) is 0 Å². The highest BCUT2D eigenvalue weighted by Gasteiger charge is 2.35. The zero-order valence-electron chi connectivity index (χ0n) is 21.0. The van der Waals surface area contributed by atoms with Gasteiger partial charge < -0.3 is 20.4 Å². The van der Waals surface area contributed by atoms with Crippen molar-refractivity contribution in [2.75, 3.05) is 38.7 Å². The first-order chi connectivity index (χ1) is 17.6. The molecule has 2 amide bonds. The van der Waals surface area contributed by atoms with Gasteiger partial charge in [-0.15, -0.1) is 0 Å². The lowest BCUT2D eigenvalue weighted by Gasteiger charge is -2.36. The number of aryl methyl sites for hydroxylation is 2. The molecule has 36 heavy (non-hydrogen) atoms. The van der Waals surface area contributed by atoms with Gasteiger partial charge in [-0.1, -0.05) is 24.3 Å². The smallest absolute Gasteiger partial charge is 0.228 e. The van der Waals surface area contributed by atoms with Gasteiger partial charge in [-0.3, -0.25) is 14.5 Å². The Kier molecular flexibility index (Phi) is 7.68. The van der Waals surface area contributed by atoms with Gasteiger partial charge in [0, 0.05) is 62.7 Å². The number of aromatic nitrogens is 1. The highest BCUT2D eigenvalue weighted by Crippen LogP contribution is 2.29. The van der Waals surface area contributed by atoms with Crippen molar-refractivity contribution in [1.29, 1.82) is 0 Å². The van der Waals surface area contributed by atoms with E-state index in [9.17, 15) is 9.59 Å². The second kappa shape index (κ2) is 11.3. The summed E-state index contributed by atoms with van der Waals surface area (Å²) in [5.41, 5.74) is 5.87. The van der Waals surface area contributed by atoms with Crippen molar-refractivity contribution in [3.63, 3.8) is 0 Å². The summed E-state index contributed by atoms with van der Waals surface area (Å²) in [6.45, 7) is 3.16. The summed E-state index contributed by atoms with van der Waals surface area (Å²) in [6, 6.07) is 14.5. The van der Waals surface area contributed by atoms with Crippen molar-refractivity contribution in [3.05, 3.63) is 65.4 Å². The van der Waals surface area contributed by atoms with Crippen molar-refractivity contribution in [2.24, 2.45) is 11.8 Å². The number of benzene rings is 2. The molecule has 1 saturated heterocycles. The number of ether oxygens (including phenoxy) is 1. The van der Waals surface area contributed by atoms with Gasteiger partial charge in [0.1, 0.15) is 0 Å². The number of carbonyl (C=O) groups is 2. The van der Waals surface area contributed by atoms with Gasteiger partial charge in [-0.05, 0) is 67.0 Å². The summed E-state index contributed by atoms with van der Waals surface area (Å²) in [4.78, 5) is 32.1. The fourth-order valence-corrected chi connectivity index (χ4v) is 5.67. The van der Waals surface area contributed by atoms with Crippen LogP contribution in [0.3, 0.4) is 0 Å². The molecule has 7 nitrogen and oxygen atoms in total. The standard InChI is InChI=1S/C29H36N4O3/c1-36-13-5-12-30-28(34)22-14-23(29(35)32-25-11-10-20-6-4-7-21(20)15-25)18-33(17-22)19-24-16-31-27-9-3-2-8-26(24)27/h2-3,8-11,15-16,22-23,31H,4-7,12-14,17-19H2,1H3,(H,30,34)(H,32,35)/t22-,23+/m0/s1. The molecule has 1 fully saturated rings. The molecule has 0 unspecified atom stereocenters. The molecule has 1 aliphatic heterocycles. The Bertz CT molecular complexity index is 1220. The van der Waals surface area contributed by atoms with E-state index >= 15 is 0 Å². The summed E-state index contributed by atoms with van der Waals surface area (Å²) in [5, 5.41) is 7.38. The van der Waals surface area contributed by atoms with Crippen LogP contribution in [0.2, 0.25) is 0 Å². The molecule has 1 aromatic heterocycles. The van der Waals surface area contributed by atoms with Crippen LogP contribution in [-0.4, -0.2) is 55.0 Å². The fourth-order valence-electron chi connectivity index (χ4n) is 5.67. The van der Waals surface area contributed by atoms with Crippen LogP contribution in [0.4, 0.5) is 5.69 Å². The van der Waals surface area contributed by atoms with Crippen molar-refractivity contribution in [3.8, 4) is 0 Å². The molecule has 5 rings (SSSR count). The van der Waals surface area contributed by atoms with Crippen molar-refractivity contribution in [2.45, 2.75) is 38.6 Å². The Labute approximate surface area is 212 Å². The monoisotopic (exact) mass is 488 g/mol. The Morgan fingerprint density at radius 2 is 1.86 bits per heavy atom. The van der Waals surface area contributed by atoms with Gasteiger partial charge in [0.25, 0.3) is 0 Å². The third-order valence-electron chi connectivity index (χ3n) is 7.53. The normalized spacial score (nSPS) is 19.8. The lowest BCUT2D eigenvalue weighted by molar-refractivity contribution is -0.130. The van der Waals surface area contributed by atoms with Crippen LogP contribution in [0.25, 0.3) is 10.9 Å². The van der Waals surface area contributed by atoms with E-state index in [1.54, 1.807) is 7.11 Å². The first-order valence-corrected chi connectivity index (χ1v) is 13.1. The minimum absolute atomic E-state index is 0.00578. The second-order valence-electron chi connectivity index (χ2n) is 10.1. The Balaban J connectivity index is 1.30. The van der Waals surface area contributed by atoms with Gasteiger partial charge in [-0.2, -0.15) is 0 Å². The van der Waals surface area contributed by atoms with Crippen molar-refractivity contribution < 1.29 is 14.3 Å². The van der Waals surface area contributed by atoms with Crippen LogP contribution in [0.5, 0.6) is 0 Å². The number of fused-ring (bicyclic) bond motifs is 2. The van der Waals surface area contributed by atoms with Gasteiger partial charge in [-0.25, -0.2) is 0 Å². The summed E-state index contributed by atoms with van der Waals surface area (Å²) in [5.74, 6) is -0.479. The molecular formula is C29H36N4O3. The van der Waals surface area contributed by atoms with E-state index in [4.69, 9.17) is 4.74 Å². The first-order valence-electron chi connectivity index (χ1n) is 13.1. The number of nitrogens with zero attached hydrogens (tertiary/aromatic N) is 1. The molecule has 0 saturated carbocycles. The molecule has 0 bridgehead atoms. The summed E-state index contributed by atoms with van der Waals surface area (Å²) in [6.07, 6.45) is 6.74. The molecule has 2 aliphatic rings. The molecule has 3 aromatic rings. The third-order valence-corrected chi connectivity index (χ3v) is 7.53. The first kappa shape index (κ1) is 24.5. The number of methoxy groups -OCH3 is 1. The van der Waals surface area contributed by atoms with E-state index in [1.807, 2.05) is 24.4 Å². The molecule has 7 heteroatoms. The molecule has 0 spiro atoms. The van der Waals surface area contributed by atoms with E-state index in [2.05, 4.69) is 44.8 Å². The minimum Gasteiger partial charge on any atom is -0.385 e. The molecule has 2 atom stereocenters. The van der Waals surface area contributed by atoms with Crippen LogP contribution in [0, 0.1) is 11.8 Å². The highest BCUT2D eigenvalue weighted by atomic mass is 16.5. The Hall–Kier alpha value is -3.16. The summed E-state index contributed by atoms with van der Waals surface area (Å²) >= 11 is 0. The number of carbonyl (C=O) groups excluding carboxylic acids is 2. The predicted octanol–water partition coefficient (Wildman–Crippen LogP) is 3.89. The van der Waals surface area contributed by atoms with E-state index in [-0.39, 0.29) is 23.7 Å². The maximum absolute atomic E-state index is 13.4. The minimum atomic E-state index is -0.257. The van der Waals surface area contributed by atoms with E-state index in [1.165, 1.54) is 28.5 Å². The summed E-state index contributed by atoms with van der Waals surface area (Å²) in [7, 11) is 1.66. The van der Waals surface area contributed by atoms with Crippen LogP contribution in [0.1, 0.15) is 36.0 Å². The number of nitrogens with one attached hydrogen (secondary N) is 3. The zero-order chi connectivity index (χ0) is 24.9. The Morgan fingerprint density at radius 1 is 1.06 bits per heavy atom. The number of likely N-dealkylation sites (tertiary alicyclic amines) is 1. The number of amides is 2. The van der Waals surface area contributed by atoms with E-state index in [0.29, 0.717) is 39.2 Å². The second-order valence-corrected chi connectivity index (χ2v) is 10.1. The van der Waals surface area contributed by atoms with Gasteiger partial charge >= 0.3 is 0 Å². The topological polar surface area (TPSA) is 86.5 Å². The molecule has 190 valence electrons. The van der Waals surface area contributed by atoms with E-state index < -0.39 is 0 Å². The van der Waals surface area contributed by atoms with Crippen LogP contribution < -0.4 is 10.6 Å². The lowest BCUT2D eigenvalue weighted by atomic mass is 9.87. The van der Waals surface area contributed by atoms with Crippen LogP contribution in [-0.2, 0) is 33.7 Å². The summed E-state index contributed by atoms with van der Waals surface area (Å²) < 4.78 is 5.10. The number of para-hydroxylation sites is 1. The maximum atomic E-state index is 13.4. The number of hydrogen-bond acceptors (Lipinski definition) is 4. The maximum Gasteiger partial charge on any atom is 0.228 e. The molecule has 1 aliphatic carbocycles. The average Bonchev–Trinajstić information content (AvgIpc) is 3.53. The van der Waals surface area contributed by atoms with Gasteiger partial charge in [0.2, 0.25) is 11.8 Å². The number of piperidine rings is 1. The predicted molar refractivity (Wildman–Crippen MR) is 142 cm³/mol. The average molecular weight is 489 g/mol. The SMILES string of the molecule is COCCCNC(=O)[C@H]1C[C@@H](C(=O)Nc2ccc3c(c2)CCC3)CN(Cc2c[nH]c3ccccc23)C1. The number of hydrogen-bond donors (Lipinski definition) is 3. The largest absolute Gasteiger partial charge is 0.385 e. The molecular weight excluding hydrogens is 452 g/mol. The quantitative estimate of drug-likeness (QED) is 0.399. The zero-order valence-corrected chi connectivity index (χ0v) is 21.0. The highest BCUT2D eigenvalue weighted by molar-refractivity contribution is 5.93. The third kappa shape index (κ3) is 5.63. The molecule has 2 heterocycles. The number of anilines is 1. The van der Waals surface area contributed by atoms with Gasteiger partial charge in [0.05, 0.1) is 11.8 Å². The van der Waals surface area contributed by atoms with Crippen LogP contribution in [0.15, 0.2) is 48.7 Å². The molecule has 3 N–H and O–H groups in total. The number of aromatic amines is 1. The molecule has 0 radical (unpaired) electrons. The van der Waals surface area contributed by atoms with Crippen molar-refractivity contribution in [1.82, 2.24) is 15.2 Å². The number of H-pyrrole nitrogens is 1. The number of rotatable bonds is 9. The molecule has 2 aromatic carbocycles. The van der Waals surface area contributed by atoms with Crippen molar-refractivity contribution >= 4 is 28.4 Å².